The van der Waals surface area contributed by atoms with Crippen LogP contribution in [-0.2, 0) is 9.59 Å². The first-order valence-electron chi connectivity index (χ1n) is 3.86. The Kier molecular flexibility index (Phi) is 4.51. The third kappa shape index (κ3) is 3.55. The van der Waals surface area contributed by atoms with Crippen LogP contribution in [0.4, 0.5) is 0 Å². The van der Waals surface area contributed by atoms with Crippen molar-refractivity contribution in [3.8, 4) is 0 Å². The molecule has 0 fully saturated rings. The number of hydrogen-bond donors (Lipinski definition) is 2. The first-order chi connectivity index (χ1) is 6.00. The van der Waals surface area contributed by atoms with Gasteiger partial charge in [0.15, 0.2) is 0 Å². The molecule has 0 atom stereocenters. The first kappa shape index (κ1) is 11.4. The van der Waals surface area contributed by atoms with E-state index in [4.69, 9.17) is 10.2 Å². The molecule has 4 nitrogen and oxygen atoms in total. The summed E-state index contributed by atoms with van der Waals surface area (Å²) in [4.78, 5) is 21.0. The van der Waals surface area contributed by atoms with Crippen LogP contribution < -0.4 is 0 Å². The van der Waals surface area contributed by atoms with E-state index in [0.29, 0.717) is 6.42 Å². The van der Waals surface area contributed by atoms with Gasteiger partial charge in [-0.25, -0.2) is 9.59 Å². The summed E-state index contributed by atoms with van der Waals surface area (Å²) in [6, 6.07) is 0. The van der Waals surface area contributed by atoms with Gasteiger partial charge in [0.1, 0.15) is 0 Å². The van der Waals surface area contributed by atoms with Gasteiger partial charge < -0.3 is 10.2 Å². The van der Waals surface area contributed by atoms with Crippen LogP contribution >= 0.6 is 0 Å². The molecule has 0 heterocycles. The molecule has 72 valence electrons. The van der Waals surface area contributed by atoms with Gasteiger partial charge in [0.05, 0.1) is 11.1 Å². The van der Waals surface area contributed by atoms with E-state index in [2.05, 4.69) is 6.58 Å². The predicted molar refractivity (Wildman–Crippen MR) is 47.4 cm³/mol. The third-order valence-electron chi connectivity index (χ3n) is 1.45. The summed E-state index contributed by atoms with van der Waals surface area (Å²) in [5, 5.41) is 17.1. The van der Waals surface area contributed by atoms with Gasteiger partial charge in [0.25, 0.3) is 0 Å². The number of hydrogen-bond acceptors (Lipinski definition) is 2. The highest BCUT2D eigenvalue weighted by molar-refractivity contribution is 6.04. The summed E-state index contributed by atoms with van der Waals surface area (Å²) in [6.07, 6.45) is 2.68. The standard InChI is InChI=1S/C9H12O4/c1-3-4-5-7(9(12)13)6(2)8(10)11/h5H,2-4H2,1H3,(H,10,11)(H,12,13). The average Bonchev–Trinajstić information content (AvgIpc) is 2.04. The monoisotopic (exact) mass is 184 g/mol. The Morgan fingerprint density at radius 2 is 1.85 bits per heavy atom. The Morgan fingerprint density at radius 3 is 2.15 bits per heavy atom. The topological polar surface area (TPSA) is 74.6 Å². The lowest BCUT2D eigenvalue weighted by molar-refractivity contribution is -0.136. The zero-order valence-electron chi connectivity index (χ0n) is 7.41. The molecule has 4 heteroatoms. The molecule has 0 aromatic carbocycles. The molecule has 2 N–H and O–H groups in total. The molecule has 0 bridgehead atoms. The maximum absolute atomic E-state index is 10.6. The number of aliphatic carboxylic acids is 2. The summed E-state index contributed by atoms with van der Waals surface area (Å²) < 4.78 is 0. The van der Waals surface area contributed by atoms with Gasteiger partial charge in [0.2, 0.25) is 0 Å². The Bertz CT molecular complexity index is 263. The SMILES string of the molecule is C=C(C(=O)O)C(=CCCC)C(=O)O. The van der Waals surface area contributed by atoms with Gasteiger partial charge in [0, 0.05) is 0 Å². The summed E-state index contributed by atoms with van der Waals surface area (Å²) in [5.41, 5.74) is -0.602. The van der Waals surface area contributed by atoms with Gasteiger partial charge in [-0.05, 0) is 6.42 Å². The minimum Gasteiger partial charge on any atom is -0.478 e. The van der Waals surface area contributed by atoms with Crippen LogP contribution in [0.15, 0.2) is 23.8 Å². The number of unbranched alkanes of at least 4 members (excludes halogenated alkanes) is 1. The predicted octanol–water partition coefficient (Wildman–Crippen LogP) is 1.44. The van der Waals surface area contributed by atoms with E-state index < -0.39 is 11.9 Å². The van der Waals surface area contributed by atoms with E-state index in [0.717, 1.165) is 6.42 Å². The number of carboxylic acids is 2. The summed E-state index contributed by atoms with van der Waals surface area (Å²) in [7, 11) is 0. The van der Waals surface area contributed by atoms with Crippen molar-refractivity contribution < 1.29 is 19.8 Å². The van der Waals surface area contributed by atoms with Crippen LogP contribution in [0, 0.1) is 0 Å². The fourth-order valence-electron chi connectivity index (χ4n) is 0.743. The van der Waals surface area contributed by atoms with Crippen LogP contribution in [0.1, 0.15) is 19.8 Å². The second-order valence-electron chi connectivity index (χ2n) is 2.50. The highest BCUT2D eigenvalue weighted by Crippen LogP contribution is 2.10. The number of carboxylic acid groups (broad SMARTS) is 2. The Morgan fingerprint density at radius 1 is 1.31 bits per heavy atom. The molecule has 0 saturated heterocycles. The Hall–Kier alpha value is -1.58. The molecule has 0 aliphatic heterocycles. The van der Waals surface area contributed by atoms with E-state index >= 15 is 0 Å². The molecule has 0 spiro atoms. The van der Waals surface area contributed by atoms with E-state index in [9.17, 15) is 9.59 Å². The molecule has 0 aromatic rings. The summed E-state index contributed by atoms with van der Waals surface area (Å²) >= 11 is 0. The molecule has 0 amide bonds. The highest BCUT2D eigenvalue weighted by Gasteiger charge is 2.16. The van der Waals surface area contributed by atoms with Gasteiger partial charge in [-0.15, -0.1) is 0 Å². The van der Waals surface area contributed by atoms with Crippen molar-refractivity contribution >= 4 is 11.9 Å². The lowest BCUT2D eigenvalue weighted by atomic mass is 10.1. The lowest BCUT2D eigenvalue weighted by Crippen LogP contribution is -2.10. The fraction of sp³-hybridized carbons (Fsp3) is 0.333. The second kappa shape index (κ2) is 5.13. The molecule has 0 unspecified atom stereocenters. The normalized spacial score (nSPS) is 11.0. The largest absolute Gasteiger partial charge is 0.478 e. The second-order valence-corrected chi connectivity index (χ2v) is 2.50. The molecule has 0 aromatic heterocycles. The van der Waals surface area contributed by atoms with Crippen molar-refractivity contribution in [2.75, 3.05) is 0 Å². The third-order valence-corrected chi connectivity index (χ3v) is 1.45. The van der Waals surface area contributed by atoms with Crippen molar-refractivity contribution in [2.24, 2.45) is 0 Å². The zero-order valence-corrected chi connectivity index (χ0v) is 7.41. The van der Waals surface area contributed by atoms with Crippen molar-refractivity contribution in [1.29, 1.82) is 0 Å². The fourth-order valence-corrected chi connectivity index (χ4v) is 0.743. The van der Waals surface area contributed by atoms with E-state index in [1.165, 1.54) is 6.08 Å². The van der Waals surface area contributed by atoms with Gasteiger partial charge in [-0.1, -0.05) is 26.0 Å². The summed E-state index contributed by atoms with van der Waals surface area (Å²) in [6.45, 7) is 5.05. The molecule has 0 aliphatic carbocycles. The summed E-state index contributed by atoms with van der Waals surface area (Å²) in [5.74, 6) is -2.55. The van der Waals surface area contributed by atoms with Gasteiger partial charge >= 0.3 is 11.9 Å². The Labute approximate surface area is 76.2 Å². The minimum atomic E-state index is -1.30. The smallest absolute Gasteiger partial charge is 0.336 e. The maximum atomic E-state index is 10.6. The average molecular weight is 184 g/mol. The Balaban J connectivity index is 4.71. The quantitative estimate of drug-likeness (QED) is 0.500. The molecule has 13 heavy (non-hydrogen) atoms. The maximum Gasteiger partial charge on any atom is 0.336 e. The number of allylic oxidation sites excluding steroid dienone is 1. The molecular formula is C9H12O4. The van der Waals surface area contributed by atoms with Crippen LogP contribution in [0.3, 0.4) is 0 Å². The van der Waals surface area contributed by atoms with Crippen LogP contribution in [-0.4, -0.2) is 22.2 Å². The van der Waals surface area contributed by atoms with Crippen LogP contribution in [0.25, 0.3) is 0 Å². The molecule has 0 rings (SSSR count). The number of rotatable bonds is 5. The minimum absolute atomic E-state index is 0.227. The van der Waals surface area contributed by atoms with Crippen LogP contribution in [0.5, 0.6) is 0 Å². The van der Waals surface area contributed by atoms with Gasteiger partial charge in [-0.2, -0.15) is 0 Å². The molecule has 0 radical (unpaired) electrons. The van der Waals surface area contributed by atoms with Crippen molar-refractivity contribution in [3.63, 3.8) is 0 Å². The first-order valence-corrected chi connectivity index (χ1v) is 3.86. The van der Waals surface area contributed by atoms with E-state index in [1.54, 1.807) is 0 Å². The van der Waals surface area contributed by atoms with Crippen molar-refractivity contribution in [2.45, 2.75) is 19.8 Å². The van der Waals surface area contributed by atoms with E-state index in [1.807, 2.05) is 6.92 Å². The molecule has 0 saturated carbocycles. The zero-order chi connectivity index (χ0) is 10.4. The number of carbonyl (C=O) groups is 2. The van der Waals surface area contributed by atoms with Crippen molar-refractivity contribution in [3.05, 3.63) is 23.8 Å². The lowest BCUT2D eigenvalue weighted by Gasteiger charge is -2.00. The molecular weight excluding hydrogens is 172 g/mol. The van der Waals surface area contributed by atoms with Gasteiger partial charge in [-0.3, -0.25) is 0 Å². The highest BCUT2D eigenvalue weighted by atomic mass is 16.4. The van der Waals surface area contributed by atoms with E-state index in [-0.39, 0.29) is 11.1 Å². The van der Waals surface area contributed by atoms with Crippen LogP contribution in [0.2, 0.25) is 0 Å². The van der Waals surface area contributed by atoms with Crippen molar-refractivity contribution in [1.82, 2.24) is 0 Å². The molecule has 0 aliphatic rings.